The third kappa shape index (κ3) is 2.61. The molecule has 0 unspecified atom stereocenters. The molecular formula is C6H14ClNO2S. The lowest BCUT2D eigenvalue weighted by Gasteiger charge is -2.23. The highest BCUT2D eigenvalue weighted by Gasteiger charge is 2.28. The third-order valence-electron chi connectivity index (χ3n) is 2.00. The lowest BCUT2D eigenvalue weighted by molar-refractivity contribution is 0.522. The molecular weight excluding hydrogens is 186 g/mol. The van der Waals surface area contributed by atoms with Gasteiger partial charge < -0.3 is 5.73 Å². The van der Waals surface area contributed by atoms with Crippen LogP contribution in [0.1, 0.15) is 19.8 Å². The second kappa shape index (κ2) is 3.74. The van der Waals surface area contributed by atoms with Crippen LogP contribution in [0.4, 0.5) is 0 Å². The predicted octanol–water partition coefficient (Wildman–Crippen LogP) is 0.333. The fraction of sp³-hybridized carbons (Fsp3) is 1.00. The van der Waals surface area contributed by atoms with E-state index in [2.05, 4.69) is 0 Å². The van der Waals surface area contributed by atoms with Gasteiger partial charge in [0.15, 0.2) is 9.84 Å². The Labute approximate surface area is 73.7 Å². The van der Waals surface area contributed by atoms with E-state index in [1.165, 1.54) is 0 Å². The number of nitrogens with two attached hydrogens (primary N) is 1. The Balaban J connectivity index is 0.000001000. The molecule has 0 aromatic heterocycles. The number of halogens is 1. The molecule has 0 aliphatic carbocycles. The van der Waals surface area contributed by atoms with Gasteiger partial charge in [-0.05, 0) is 19.8 Å². The number of rotatable bonds is 0. The quantitative estimate of drug-likeness (QED) is 0.612. The molecule has 0 aromatic rings. The van der Waals surface area contributed by atoms with Gasteiger partial charge >= 0.3 is 0 Å². The molecule has 5 heteroatoms. The Morgan fingerprint density at radius 3 is 2.27 bits per heavy atom. The summed E-state index contributed by atoms with van der Waals surface area (Å²) in [7, 11) is -2.84. The predicted molar refractivity (Wildman–Crippen MR) is 47.7 cm³/mol. The number of hydrogen-bond acceptors (Lipinski definition) is 3. The van der Waals surface area contributed by atoms with Gasteiger partial charge in [0.05, 0.1) is 11.0 Å². The minimum absolute atomic E-state index is 0. The highest BCUT2D eigenvalue weighted by atomic mass is 35.5. The minimum atomic E-state index is -2.84. The summed E-state index contributed by atoms with van der Waals surface area (Å²) in [4.78, 5) is 0. The zero-order valence-corrected chi connectivity index (χ0v) is 8.12. The van der Waals surface area contributed by atoms with Gasteiger partial charge in [-0.3, -0.25) is 0 Å². The second-order valence-corrected chi connectivity index (χ2v) is 5.44. The van der Waals surface area contributed by atoms with Crippen LogP contribution in [0.5, 0.6) is 0 Å². The molecule has 0 radical (unpaired) electrons. The summed E-state index contributed by atoms with van der Waals surface area (Å²) < 4.78 is 22.2. The van der Waals surface area contributed by atoms with Gasteiger partial charge in [0.1, 0.15) is 0 Å². The van der Waals surface area contributed by atoms with E-state index >= 15 is 0 Å². The van der Waals surface area contributed by atoms with Crippen LogP contribution in [0.3, 0.4) is 0 Å². The van der Waals surface area contributed by atoms with Crippen LogP contribution in [0, 0.1) is 0 Å². The largest absolute Gasteiger partial charge is 0.327 e. The first kappa shape index (κ1) is 11.2. The molecule has 1 fully saturated rings. The van der Waals surface area contributed by atoms with Crippen molar-refractivity contribution >= 4 is 22.2 Å². The van der Waals surface area contributed by atoms with Crippen molar-refractivity contribution in [1.82, 2.24) is 0 Å². The van der Waals surface area contributed by atoms with Crippen molar-refractivity contribution in [1.29, 1.82) is 0 Å². The summed E-state index contributed by atoms with van der Waals surface area (Å²) in [5.41, 5.74) is 5.49. The van der Waals surface area contributed by atoms with E-state index in [0.29, 0.717) is 0 Å². The molecule has 2 atom stereocenters. The maximum Gasteiger partial charge on any atom is 0.154 e. The minimum Gasteiger partial charge on any atom is -0.327 e. The summed E-state index contributed by atoms with van der Waals surface area (Å²) in [6, 6.07) is -0.124. The molecule has 68 valence electrons. The van der Waals surface area contributed by atoms with E-state index in [0.717, 1.165) is 12.8 Å². The Morgan fingerprint density at radius 2 is 1.91 bits per heavy atom. The maximum atomic E-state index is 11.1. The molecule has 1 aliphatic rings. The van der Waals surface area contributed by atoms with E-state index in [9.17, 15) is 8.42 Å². The van der Waals surface area contributed by atoms with Gasteiger partial charge in [0, 0.05) is 6.04 Å². The van der Waals surface area contributed by atoms with Crippen LogP contribution in [-0.2, 0) is 9.84 Å². The SMILES string of the molecule is C[C@@H]1CC[C@H](N)CS1(=O)=O.Cl. The molecule has 1 heterocycles. The van der Waals surface area contributed by atoms with Crippen molar-refractivity contribution in [2.24, 2.45) is 5.73 Å². The molecule has 0 saturated carbocycles. The fourth-order valence-corrected chi connectivity index (χ4v) is 2.76. The normalized spacial score (nSPS) is 35.8. The maximum absolute atomic E-state index is 11.1. The highest BCUT2D eigenvalue weighted by Crippen LogP contribution is 2.17. The number of hydrogen-bond donors (Lipinski definition) is 1. The summed E-state index contributed by atoms with van der Waals surface area (Å²) in [5, 5.41) is -0.174. The van der Waals surface area contributed by atoms with Gasteiger partial charge in [0.25, 0.3) is 0 Å². The average molecular weight is 200 g/mol. The molecule has 0 aromatic carbocycles. The van der Waals surface area contributed by atoms with Crippen LogP contribution in [0.15, 0.2) is 0 Å². The second-order valence-electron chi connectivity index (χ2n) is 2.98. The first-order chi connectivity index (χ1) is 4.52. The fourth-order valence-electron chi connectivity index (χ4n) is 1.17. The van der Waals surface area contributed by atoms with Crippen molar-refractivity contribution in [2.45, 2.75) is 31.1 Å². The first-order valence-corrected chi connectivity index (χ1v) is 5.21. The summed E-state index contributed by atoms with van der Waals surface area (Å²) in [6.07, 6.45) is 1.57. The number of sulfone groups is 1. The molecule has 1 aliphatic heterocycles. The average Bonchev–Trinajstić information content (AvgIpc) is 1.78. The zero-order chi connectivity index (χ0) is 7.78. The first-order valence-electron chi connectivity index (χ1n) is 3.49. The zero-order valence-electron chi connectivity index (χ0n) is 6.49. The van der Waals surface area contributed by atoms with E-state index in [1.54, 1.807) is 6.92 Å². The van der Waals surface area contributed by atoms with Gasteiger partial charge in [-0.15, -0.1) is 12.4 Å². The third-order valence-corrected chi connectivity index (χ3v) is 4.36. The van der Waals surface area contributed by atoms with Crippen molar-refractivity contribution < 1.29 is 8.42 Å². The van der Waals surface area contributed by atoms with Crippen molar-refractivity contribution in [3.8, 4) is 0 Å². The van der Waals surface area contributed by atoms with Crippen LogP contribution in [0.25, 0.3) is 0 Å². The van der Waals surface area contributed by atoms with Gasteiger partial charge in [-0.1, -0.05) is 0 Å². The van der Waals surface area contributed by atoms with E-state index in [-0.39, 0.29) is 29.5 Å². The standard InChI is InChI=1S/C6H13NO2S.ClH/c1-5-2-3-6(7)4-10(5,8)9;/h5-6H,2-4,7H2,1H3;1H/t5-,6+;/m1./s1. The molecule has 3 nitrogen and oxygen atoms in total. The smallest absolute Gasteiger partial charge is 0.154 e. The Kier molecular flexibility index (Phi) is 3.80. The summed E-state index contributed by atoms with van der Waals surface area (Å²) in [6.45, 7) is 1.75. The molecule has 2 N–H and O–H groups in total. The molecule has 0 spiro atoms. The molecule has 11 heavy (non-hydrogen) atoms. The monoisotopic (exact) mass is 199 g/mol. The summed E-state index contributed by atoms with van der Waals surface area (Å²) >= 11 is 0. The van der Waals surface area contributed by atoms with Gasteiger partial charge in [-0.2, -0.15) is 0 Å². The van der Waals surface area contributed by atoms with Gasteiger partial charge in [-0.25, -0.2) is 8.42 Å². The molecule has 0 amide bonds. The lowest BCUT2D eigenvalue weighted by Crippen LogP contribution is -2.39. The Morgan fingerprint density at radius 1 is 1.36 bits per heavy atom. The van der Waals surface area contributed by atoms with Crippen molar-refractivity contribution in [3.05, 3.63) is 0 Å². The van der Waals surface area contributed by atoms with E-state index < -0.39 is 9.84 Å². The lowest BCUT2D eigenvalue weighted by atomic mass is 10.1. The van der Waals surface area contributed by atoms with Crippen LogP contribution >= 0.6 is 12.4 Å². The van der Waals surface area contributed by atoms with Crippen LogP contribution in [0.2, 0.25) is 0 Å². The molecule has 0 bridgehead atoms. The van der Waals surface area contributed by atoms with Crippen LogP contribution < -0.4 is 5.73 Å². The Hall–Kier alpha value is 0.200. The Bertz CT molecular complexity index is 215. The highest BCUT2D eigenvalue weighted by molar-refractivity contribution is 7.92. The molecule has 1 rings (SSSR count). The van der Waals surface area contributed by atoms with E-state index in [1.807, 2.05) is 0 Å². The van der Waals surface area contributed by atoms with Gasteiger partial charge in [0.2, 0.25) is 0 Å². The van der Waals surface area contributed by atoms with Crippen molar-refractivity contribution in [2.75, 3.05) is 5.75 Å². The van der Waals surface area contributed by atoms with Crippen LogP contribution in [-0.4, -0.2) is 25.5 Å². The summed E-state index contributed by atoms with van der Waals surface area (Å²) in [5.74, 6) is 0.175. The van der Waals surface area contributed by atoms with E-state index in [4.69, 9.17) is 5.73 Å². The van der Waals surface area contributed by atoms with Crippen molar-refractivity contribution in [3.63, 3.8) is 0 Å². The molecule has 1 saturated heterocycles. The topological polar surface area (TPSA) is 60.2 Å².